The minimum absolute atomic E-state index is 0.393. The van der Waals surface area contributed by atoms with E-state index in [4.69, 9.17) is 0 Å². The monoisotopic (exact) mass is 454 g/mol. The van der Waals surface area contributed by atoms with E-state index in [-0.39, 0.29) is 0 Å². The van der Waals surface area contributed by atoms with Crippen molar-refractivity contribution < 1.29 is 0 Å². The van der Waals surface area contributed by atoms with E-state index >= 15 is 0 Å². The van der Waals surface area contributed by atoms with E-state index in [1.807, 2.05) is 0 Å². The molecule has 0 saturated heterocycles. The molecule has 2 heteroatoms. The molecule has 1 aromatic rings. The Balaban J connectivity index is 1.67. The van der Waals surface area contributed by atoms with Crippen molar-refractivity contribution in [3.05, 3.63) is 95.0 Å². The van der Waals surface area contributed by atoms with Gasteiger partial charge >= 0.3 is 0 Å². The number of nitrogens with zero attached hydrogens (tertiary/aromatic N) is 2. The van der Waals surface area contributed by atoms with E-state index in [1.165, 1.54) is 53.9 Å². The molecule has 0 N–H and O–H groups in total. The summed E-state index contributed by atoms with van der Waals surface area (Å²) in [5.74, 6) is 1.05. The third kappa shape index (κ3) is 4.73. The molecule has 4 rings (SSSR count). The molecule has 0 amide bonds. The third-order valence-corrected chi connectivity index (χ3v) is 7.66. The summed E-state index contributed by atoms with van der Waals surface area (Å²) in [5.41, 5.74) is 9.21. The first-order valence-corrected chi connectivity index (χ1v) is 13.2. The minimum Gasteiger partial charge on any atom is -0.345 e. The van der Waals surface area contributed by atoms with Crippen molar-refractivity contribution >= 4 is 11.8 Å². The molecular weight excluding hydrogens is 412 g/mol. The van der Waals surface area contributed by atoms with Crippen LogP contribution in [0.2, 0.25) is 0 Å². The summed E-state index contributed by atoms with van der Waals surface area (Å²) in [7, 11) is 2.13. The lowest BCUT2D eigenvalue weighted by molar-refractivity contribution is 0.530. The van der Waals surface area contributed by atoms with E-state index in [1.54, 1.807) is 5.56 Å². The van der Waals surface area contributed by atoms with Gasteiger partial charge in [0.2, 0.25) is 0 Å². The predicted octanol–water partition coefficient (Wildman–Crippen LogP) is 8.73. The molecule has 2 aliphatic carbocycles. The lowest BCUT2D eigenvalue weighted by Crippen LogP contribution is -2.30. The topological polar surface area (TPSA) is 6.48 Å². The van der Waals surface area contributed by atoms with Gasteiger partial charge in [-0.05, 0) is 92.0 Å². The molecule has 1 heterocycles. The second-order valence-corrected chi connectivity index (χ2v) is 10.2. The Labute approximate surface area is 207 Å². The number of hydrogen-bond acceptors (Lipinski definition) is 2. The van der Waals surface area contributed by atoms with Gasteiger partial charge in [0.05, 0.1) is 0 Å². The van der Waals surface area contributed by atoms with Crippen molar-refractivity contribution in [3.63, 3.8) is 0 Å². The normalized spacial score (nSPS) is 22.4. The van der Waals surface area contributed by atoms with Gasteiger partial charge < -0.3 is 9.80 Å². The number of allylic oxidation sites excluding steroid dienone is 7. The molecule has 0 aromatic heterocycles. The van der Waals surface area contributed by atoms with Crippen LogP contribution < -0.4 is 4.90 Å². The number of benzene rings is 1. The van der Waals surface area contributed by atoms with Crippen molar-refractivity contribution in [1.29, 1.82) is 0 Å². The molecule has 2 atom stereocenters. The Morgan fingerprint density at radius 1 is 1.24 bits per heavy atom. The highest BCUT2D eigenvalue weighted by Gasteiger charge is 2.42. The summed E-state index contributed by atoms with van der Waals surface area (Å²) in [6.07, 6.45) is 23.3. The Hall–Kier alpha value is -2.74. The molecule has 1 fully saturated rings. The van der Waals surface area contributed by atoms with Gasteiger partial charge in [0.1, 0.15) is 0 Å². The largest absolute Gasteiger partial charge is 0.345 e. The van der Waals surface area contributed by atoms with E-state index in [9.17, 15) is 0 Å². The van der Waals surface area contributed by atoms with Gasteiger partial charge in [-0.25, -0.2) is 0 Å². The molecule has 2 unspecified atom stereocenters. The maximum atomic E-state index is 4.51. The lowest BCUT2D eigenvalue weighted by Gasteiger charge is -2.29. The van der Waals surface area contributed by atoms with Crippen LogP contribution in [0.25, 0.3) is 6.08 Å². The molecule has 2 nitrogen and oxygen atoms in total. The van der Waals surface area contributed by atoms with Crippen LogP contribution in [0.15, 0.2) is 83.9 Å². The molecule has 1 aliphatic heterocycles. The molecule has 0 bridgehead atoms. The first-order valence-electron chi connectivity index (χ1n) is 13.2. The maximum absolute atomic E-state index is 4.51. The molecule has 180 valence electrons. The smallest absolute Gasteiger partial charge is 0.0450 e. The van der Waals surface area contributed by atoms with Crippen molar-refractivity contribution in [1.82, 2.24) is 4.90 Å². The molecular formula is C32H42N2. The summed E-state index contributed by atoms with van der Waals surface area (Å²) >= 11 is 0. The zero-order valence-electron chi connectivity index (χ0n) is 21.8. The van der Waals surface area contributed by atoms with E-state index < -0.39 is 0 Å². The van der Waals surface area contributed by atoms with Crippen LogP contribution in [0.3, 0.4) is 0 Å². The first kappa shape index (κ1) is 24.4. The van der Waals surface area contributed by atoms with Crippen LogP contribution in [-0.4, -0.2) is 18.0 Å². The highest BCUT2D eigenvalue weighted by Crippen LogP contribution is 2.51. The molecule has 0 spiro atoms. The molecule has 0 radical (unpaired) electrons. The third-order valence-electron chi connectivity index (χ3n) is 7.66. The summed E-state index contributed by atoms with van der Waals surface area (Å²) in [6, 6.07) is 7.77. The second kappa shape index (κ2) is 10.7. The number of rotatable bonds is 8. The standard InChI is InChI=1S/C32H42N2/c1-7-9-14-26(8-2)33(6)24(5)29(23(3)4)21-25-19-20-32-30(22-25)28-17-13-18-31(28)34(32)27-15-11-10-12-16-27/h8-9,11,14-16,19-23,28,31H,5,7,10,12-13,17-18H2,1-4,6H3/b14-9-,26-8+,29-21-. The van der Waals surface area contributed by atoms with Gasteiger partial charge in [-0.3, -0.25) is 0 Å². The van der Waals surface area contributed by atoms with Crippen molar-refractivity contribution in [3.8, 4) is 0 Å². The first-order chi connectivity index (χ1) is 16.5. The minimum atomic E-state index is 0.393. The summed E-state index contributed by atoms with van der Waals surface area (Å²) in [6.45, 7) is 13.3. The fraction of sp³-hybridized carbons (Fsp3) is 0.438. The summed E-state index contributed by atoms with van der Waals surface area (Å²) < 4.78 is 0. The Morgan fingerprint density at radius 3 is 2.74 bits per heavy atom. The van der Waals surface area contributed by atoms with Crippen LogP contribution in [0.1, 0.15) is 83.3 Å². The van der Waals surface area contributed by atoms with Crippen LogP contribution in [0.5, 0.6) is 0 Å². The average molecular weight is 455 g/mol. The van der Waals surface area contributed by atoms with Gasteiger partial charge in [0, 0.05) is 41.8 Å². The fourth-order valence-corrected chi connectivity index (χ4v) is 5.83. The molecule has 1 saturated carbocycles. The van der Waals surface area contributed by atoms with Gasteiger partial charge in [0.25, 0.3) is 0 Å². The predicted molar refractivity (Wildman–Crippen MR) is 149 cm³/mol. The quantitative estimate of drug-likeness (QED) is 0.362. The summed E-state index contributed by atoms with van der Waals surface area (Å²) in [5, 5.41) is 0. The van der Waals surface area contributed by atoms with Gasteiger partial charge in [-0.2, -0.15) is 0 Å². The SMILES string of the molecule is C=C(/C(=C\c1ccc2c(c1)C1CCCC1N2C1=CCCC=C1)C(C)C)N(C)C(/C=C\CC)=C/C. The van der Waals surface area contributed by atoms with E-state index in [0.29, 0.717) is 17.9 Å². The van der Waals surface area contributed by atoms with E-state index in [0.717, 1.165) is 18.5 Å². The van der Waals surface area contributed by atoms with Crippen molar-refractivity contribution in [2.24, 2.45) is 5.92 Å². The van der Waals surface area contributed by atoms with Gasteiger partial charge in [-0.15, -0.1) is 0 Å². The Bertz CT molecular complexity index is 1060. The van der Waals surface area contributed by atoms with Crippen LogP contribution in [-0.2, 0) is 0 Å². The fourth-order valence-electron chi connectivity index (χ4n) is 5.83. The van der Waals surface area contributed by atoms with Crippen LogP contribution in [0.4, 0.5) is 5.69 Å². The van der Waals surface area contributed by atoms with Crippen molar-refractivity contribution in [2.75, 3.05) is 11.9 Å². The number of anilines is 1. The van der Waals surface area contributed by atoms with E-state index in [2.05, 4.69) is 112 Å². The molecule has 34 heavy (non-hydrogen) atoms. The highest BCUT2D eigenvalue weighted by atomic mass is 15.2. The van der Waals surface area contributed by atoms with Crippen LogP contribution in [0, 0.1) is 5.92 Å². The molecule has 3 aliphatic rings. The van der Waals surface area contributed by atoms with Gasteiger partial charge in [-0.1, -0.05) is 64.1 Å². The highest BCUT2D eigenvalue weighted by molar-refractivity contribution is 5.72. The average Bonchev–Trinajstić information content (AvgIpc) is 3.43. The number of likely N-dealkylation sites (N-methyl/N-ethyl adjacent to an activating group) is 1. The van der Waals surface area contributed by atoms with Crippen molar-refractivity contribution in [2.45, 2.75) is 78.2 Å². The zero-order valence-corrected chi connectivity index (χ0v) is 21.8. The summed E-state index contributed by atoms with van der Waals surface area (Å²) in [4.78, 5) is 4.87. The number of hydrogen-bond donors (Lipinski definition) is 0. The number of fused-ring (bicyclic) bond motifs is 3. The van der Waals surface area contributed by atoms with Gasteiger partial charge in [0.15, 0.2) is 0 Å². The Morgan fingerprint density at radius 2 is 2.06 bits per heavy atom. The zero-order chi connectivity index (χ0) is 24.2. The molecule has 1 aromatic carbocycles. The lowest BCUT2D eigenvalue weighted by atomic mass is 9.93. The second-order valence-electron chi connectivity index (χ2n) is 10.2. The van der Waals surface area contributed by atoms with Crippen LogP contribution >= 0.6 is 0 Å². The maximum Gasteiger partial charge on any atom is 0.0450 e. The Kier molecular flexibility index (Phi) is 7.66.